The average molecular weight is 336 g/mol. The monoisotopic (exact) mass is 336 g/mol. The summed E-state index contributed by atoms with van der Waals surface area (Å²) in [6, 6.07) is 5.94. The number of hydrogen-bond acceptors (Lipinski definition) is 5. The van der Waals surface area contributed by atoms with E-state index < -0.39 is 0 Å². The van der Waals surface area contributed by atoms with Gasteiger partial charge in [0.15, 0.2) is 17.3 Å². The lowest BCUT2D eigenvalue weighted by Gasteiger charge is -2.30. The highest BCUT2D eigenvalue weighted by atomic mass is 16.5. The van der Waals surface area contributed by atoms with E-state index in [0.29, 0.717) is 11.7 Å². The number of hydrogen-bond donors (Lipinski definition) is 1. The van der Waals surface area contributed by atoms with E-state index in [1.54, 1.807) is 7.11 Å². The minimum Gasteiger partial charge on any atom is -0.504 e. The molecule has 2 aromatic heterocycles. The molecule has 1 aliphatic heterocycles. The molecule has 0 atom stereocenters. The van der Waals surface area contributed by atoms with Crippen molar-refractivity contribution in [2.75, 3.05) is 18.6 Å². The number of rotatable bonds is 3. The van der Waals surface area contributed by atoms with E-state index in [1.807, 2.05) is 29.0 Å². The van der Waals surface area contributed by atoms with Crippen LogP contribution in [0.2, 0.25) is 0 Å². The molecule has 0 radical (unpaired) electrons. The van der Waals surface area contributed by atoms with Crippen molar-refractivity contribution >= 4 is 11.3 Å². The first kappa shape index (κ1) is 14.6. The van der Waals surface area contributed by atoms with Gasteiger partial charge in [-0.1, -0.05) is 0 Å². The zero-order chi connectivity index (χ0) is 17.0. The molecule has 0 unspecified atom stereocenters. The Labute approximate surface area is 145 Å². The zero-order valence-corrected chi connectivity index (χ0v) is 14.1. The fourth-order valence-electron chi connectivity index (χ4n) is 3.67. The smallest absolute Gasteiger partial charge is 0.160 e. The maximum absolute atomic E-state index is 9.99. The Morgan fingerprint density at radius 3 is 2.88 bits per heavy atom. The van der Waals surface area contributed by atoms with Crippen LogP contribution in [0.4, 0.5) is 5.82 Å². The molecule has 1 saturated carbocycles. The van der Waals surface area contributed by atoms with Gasteiger partial charge in [0.2, 0.25) is 0 Å². The quantitative estimate of drug-likeness (QED) is 0.797. The van der Waals surface area contributed by atoms with Crippen LogP contribution in [0.25, 0.3) is 5.52 Å². The third kappa shape index (κ3) is 2.40. The summed E-state index contributed by atoms with van der Waals surface area (Å²) >= 11 is 0. The van der Waals surface area contributed by atoms with E-state index in [1.165, 1.54) is 29.7 Å². The second-order valence-electron chi connectivity index (χ2n) is 6.89. The number of methoxy groups -OCH3 is 1. The first-order valence-electron chi connectivity index (χ1n) is 8.71. The zero-order valence-electron chi connectivity index (χ0n) is 14.1. The second-order valence-corrected chi connectivity index (χ2v) is 6.89. The van der Waals surface area contributed by atoms with E-state index >= 15 is 0 Å². The molecule has 3 heterocycles. The molecule has 1 aliphatic carbocycles. The van der Waals surface area contributed by atoms with Crippen LogP contribution in [0, 0.1) is 0 Å². The van der Waals surface area contributed by atoms with Crippen molar-refractivity contribution in [3.05, 3.63) is 47.4 Å². The minimum atomic E-state index is 0.208. The second kappa shape index (κ2) is 5.37. The summed E-state index contributed by atoms with van der Waals surface area (Å²) in [6.07, 6.45) is 7.10. The first-order chi connectivity index (χ1) is 12.2. The van der Waals surface area contributed by atoms with Crippen molar-refractivity contribution in [3.63, 3.8) is 0 Å². The predicted octanol–water partition coefficient (Wildman–Crippen LogP) is 2.88. The molecular weight excluding hydrogens is 316 g/mol. The van der Waals surface area contributed by atoms with Gasteiger partial charge in [-0.25, -0.2) is 9.50 Å². The Morgan fingerprint density at radius 2 is 2.08 bits per heavy atom. The number of phenolic OH excluding ortho intramolecular Hbond substituents is 1. The average Bonchev–Trinajstić information content (AvgIpc) is 3.39. The van der Waals surface area contributed by atoms with Gasteiger partial charge < -0.3 is 14.7 Å². The normalized spacial score (nSPS) is 16.9. The molecule has 0 bridgehead atoms. The van der Waals surface area contributed by atoms with Crippen LogP contribution in [-0.2, 0) is 13.0 Å². The number of benzene rings is 1. The van der Waals surface area contributed by atoms with Crippen molar-refractivity contribution in [3.8, 4) is 11.5 Å². The third-order valence-electron chi connectivity index (χ3n) is 5.20. The Bertz CT molecular complexity index is 961. The first-order valence-corrected chi connectivity index (χ1v) is 8.71. The third-order valence-corrected chi connectivity index (χ3v) is 5.20. The maximum Gasteiger partial charge on any atom is 0.160 e. The lowest BCUT2D eigenvalue weighted by molar-refractivity contribution is 0.372. The Balaban J connectivity index is 1.53. The molecule has 1 N–H and O–H groups in total. The van der Waals surface area contributed by atoms with E-state index in [-0.39, 0.29) is 5.75 Å². The van der Waals surface area contributed by atoms with Crippen molar-refractivity contribution in [1.29, 1.82) is 0 Å². The van der Waals surface area contributed by atoms with Crippen molar-refractivity contribution < 1.29 is 9.84 Å². The highest BCUT2D eigenvalue weighted by Crippen LogP contribution is 2.40. The summed E-state index contributed by atoms with van der Waals surface area (Å²) in [5.74, 6) is 2.33. The van der Waals surface area contributed by atoms with Gasteiger partial charge in [-0.05, 0) is 48.6 Å². The molecule has 6 heteroatoms. The van der Waals surface area contributed by atoms with Crippen LogP contribution in [0.5, 0.6) is 11.5 Å². The van der Waals surface area contributed by atoms with Gasteiger partial charge in [-0.3, -0.25) is 0 Å². The molecule has 0 amide bonds. The lowest BCUT2D eigenvalue weighted by atomic mass is 9.99. The molecule has 3 aromatic rings. The van der Waals surface area contributed by atoms with Gasteiger partial charge in [-0.2, -0.15) is 5.10 Å². The van der Waals surface area contributed by atoms with Gasteiger partial charge in [0.1, 0.15) is 5.52 Å². The molecule has 128 valence electrons. The summed E-state index contributed by atoms with van der Waals surface area (Å²) in [5, 5.41) is 14.7. The van der Waals surface area contributed by atoms with E-state index in [2.05, 4.69) is 16.0 Å². The largest absolute Gasteiger partial charge is 0.504 e. The number of nitrogens with zero attached hydrogens (tertiary/aromatic N) is 4. The maximum atomic E-state index is 9.99. The van der Waals surface area contributed by atoms with E-state index in [0.717, 1.165) is 30.8 Å². The fraction of sp³-hybridized carbons (Fsp3) is 0.368. The van der Waals surface area contributed by atoms with Crippen molar-refractivity contribution in [2.24, 2.45) is 0 Å². The Kier molecular flexibility index (Phi) is 3.13. The van der Waals surface area contributed by atoms with Gasteiger partial charge in [0.25, 0.3) is 0 Å². The van der Waals surface area contributed by atoms with E-state index in [4.69, 9.17) is 9.84 Å². The molecule has 6 nitrogen and oxygen atoms in total. The van der Waals surface area contributed by atoms with Crippen molar-refractivity contribution in [2.45, 2.75) is 31.7 Å². The summed E-state index contributed by atoms with van der Waals surface area (Å²) in [4.78, 5) is 6.93. The fourth-order valence-corrected chi connectivity index (χ4v) is 3.67. The number of aromatic nitrogens is 3. The molecule has 0 spiro atoms. The minimum absolute atomic E-state index is 0.208. The van der Waals surface area contributed by atoms with Crippen LogP contribution < -0.4 is 9.64 Å². The van der Waals surface area contributed by atoms with E-state index in [9.17, 15) is 5.11 Å². The molecular formula is C19H20N4O2. The molecule has 5 rings (SSSR count). The summed E-state index contributed by atoms with van der Waals surface area (Å²) in [6.45, 7) is 1.62. The summed E-state index contributed by atoms with van der Waals surface area (Å²) in [7, 11) is 1.58. The van der Waals surface area contributed by atoms with Crippen LogP contribution in [-0.4, -0.2) is 33.4 Å². The lowest BCUT2D eigenvalue weighted by Crippen LogP contribution is -2.31. The molecule has 1 fully saturated rings. The summed E-state index contributed by atoms with van der Waals surface area (Å²) in [5.41, 5.74) is 4.59. The van der Waals surface area contributed by atoms with Crippen LogP contribution >= 0.6 is 0 Å². The molecule has 25 heavy (non-hydrogen) atoms. The highest BCUT2D eigenvalue weighted by Gasteiger charge is 2.28. The van der Waals surface area contributed by atoms with Crippen molar-refractivity contribution in [1.82, 2.24) is 14.6 Å². The standard InChI is InChI=1S/C19H20N4O2/c1-25-18-9-14-11-22(6-4-13(14)8-17(18)24)19-16-10-15(12-2-3-12)21-23(16)7-5-20-19/h5,7-10,12,24H,2-4,6,11H2,1H3. The highest BCUT2D eigenvalue weighted by molar-refractivity contribution is 5.70. The van der Waals surface area contributed by atoms with Gasteiger partial charge in [0, 0.05) is 31.4 Å². The van der Waals surface area contributed by atoms with Gasteiger partial charge in [-0.15, -0.1) is 0 Å². The Hall–Kier alpha value is -2.76. The van der Waals surface area contributed by atoms with Gasteiger partial charge >= 0.3 is 0 Å². The molecule has 0 saturated heterocycles. The SMILES string of the molecule is COc1cc2c(cc1O)CCN(c1nccn3nc(C4CC4)cc13)C2. The molecule has 1 aromatic carbocycles. The number of ether oxygens (including phenoxy) is 1. The predicted molar refractivity (Wildman–Crippen MR) is 94.4 cm³/mol. The van der Waals surface area contributed by atoms with Crippen LogP contribution in [0.3, 0.4) is 0 Å². The van der Waals surface area contributed by atoms with Crippen LogP contribution in [0.15, 0.2) is 30.6 Å². The Morgan fingerprint density at radius 1 is 1.20 bits per heavy atom. The summed E-state index contributed by atoms with van der Waals surface area (Å²) < 4.78 is 7.21. The number of aromatic hydroxyl groups is 1. The molecule has 2 aliphatic rings. The number of phenols is 1. The number of anilines is 1. The topological polar surface area (TPSA) is 62.9 Å². The van der Waals surface area contributed by atoms with Gasteiger partial charge in [0.05, 0.1) is 12.8 Å². The number of fused-ring (bicyclic) bond motifs is 2. The van der Waals surface area contributed by atoms with Crippen LogP contribution in [0.1, 0.15) is 35.6 Å².